The van der Waals surface area contributed by atoms with Gasteiger partial charge in [0.15, 0.2) is 0 Å². The van der Waals surface area contributed by atoms with Crippen LogP contribution in [0.4, 0.5) is 4.79 Å². The van der Waals surface area contributed by atoms with E-state index < -0.39 is 6.04 Å². The Hall–Kier alpha value is -2.04. The third kappa shape index (κ3) is 3.33. The summed E-state index contributed by atoms with van der Waals surface area (Å²) in [5, 5.41) is 2.82. The summed E-state index contributed by atoms with van der Waals surface area (Å²) in [4.78, 5) is 28.2. The van der Waals surface area contributed by atoms with Crippen molar-refractivity contribution in [1.29, 1.82) is 0 Å². The lowest BCUT2D eigenvalue weighted by molar-refractivity contribution is -0.133. The number of likely N-dealkylation sites (tertiary alicyclic amines) is 1. The molecule has 0 aromatic heterocycles. The van der Waals surface area contributed by atoms with Crippen molar-refractivity contribution in [3.05, 3.63) is 35.9 Å². The van der Waals surface area contributed by atoms with Crippen molar-refractivity contribution in [2.24, 2.45) is 0 Å². The average molecular weight is 315 g/mol. The number of benzene rings is 1. The molecule has 1 N–H and O–H groups in total. The van der Waals surface area contributed by atoms with E-state index in [0.29, 0.717) is 12.5 Å². The molecule has 1 atom stereocenters. The first-order valence-electron chi connectivity index (χ1n) is 8.47. The van der Waals surface area contributed by atoms with Crippen LogP contribution in [0.1, 0.15) is 38.2 Å². The number of rotatable bonds is 3. The van der Waals surface area contributed by atoms with Crippen LogP contribution in [0.15, 0.2) is 30.3 Å². The van der Waals surface area contributed by atoms with Crippen LogP contribution in [0.5, 0.6) is 0 Å². The zero-order valence-corrected chi connectivity index (χ0v) is 13.9. The smallest absolute Gasteiger partial charge is 0.318 e. The minimum atomic E-state index is -0.391. The largest absolute Gasteiger partial charge is 0.341 e. The Morgan fingerprint density at radius 1 is 1.17 bits per heavy atom. The van der Waals surface area contributed by atoms with Crippen LogP contribution in [0.3, 0.4) is 0 Å². The van der Waals surface area contributed by atoms with Crippen LogP contribution in [-0.2, 0) is 4.79 Å². The third-order valence-electron chi connectivity index (χ3n) is 4.94. The van der Waals surface area contributed by atoms with E-state index in [9.17, 15) is 9.59 Å². The average Bonchev–Trinajstić information content (AvgIpc) is 2.97. The Labute approximate surface area is 137 Å². The van der Waals surface area contributed by atoms with E-state index >= 15 is 0 Å². The van der Waals surface area contributed by atoms with Gasteiger partial charge < -0.3 is 15.1 Å². The van der Waals surface area contributed by atoms with Gasteiger partial charge in [-0.3, -0.25) is 4.79 Å². The van der Waals surface area contributed by atoms with Crippen molar-refractivity contribution < 1.29 is 9.59 Å². The first kappa shape index (κ1) is 15.8. The van der Waals surface area contributed by atoms with Crippen molar-refractivity contribution in [2.45, 2.75) is 44.7 Å². The fourth-order valence-electron chi connectivity index (χ4n) is 3.52. The number of carbonyl (C=O) groups is 2. The Balaban J connectivity index is 1.56. The number of hydrogen-bond donors (Lipinski definition) is 1. The first-order valence-corrected chi connectivity index (χ1v) is 8.47. The topological polar surface area (TPSA) is 52.7 Å². The summed E-state index contributed by atoms with van der Waals surface area (Å²) in [5.41, 5.74) is 1.36. The molecule has 1 unspecified atom stereocenters. The van der Waals surface area contributed by atoms with Gasteiger partial charge in [-0.2, -0.15) is 0 Å². The maximum atomic E-state index is 12.6. The highest BCUT2D eigenvalue weighted by Gasteiger charge is 2.37. The zero-order valence-electron chi connectivity index (χ0n) is 13.9. The van der Waals surface area contributed by atoms with Crippen LogP contribution in [0, 0.1) is 0 Å². The van der Waals surface area contributed by atoms with E-state index in [0.717, 1.165) is 25.9 Å². The molecule has 23 heavy (non-hydrogen) atoms. The molecule has 1 aromatic carbocycles. The van der Waals surface area contributed by atoms with Gasteiger partial charge in [0.25, 0.3) is 0 Å². The van der Waals surface area contributed by atoms with Gasteiger partial charge in [-0.1, -0.05) is 30.3 Å². The minimum Gasteiger partial charge on any atom is -0.341 e. The Bertz CT molecular complexity index is 565. The maximum absolute atomic E-state index is 12.6. The van der Waals surface area contributed by atoms with E-state index in [-0.39, 0.29) is 18.0 Å². The second-order valence-electron chi connectivity index (χ2n) is 6.76. The quantitative estimate of drug-likeness (QED) is 0.929. The molecule has 5 nitrogen and oxygen atoms in total. The minimum absolute atomic E-state index is 0.0630. The Morgan fingerprint density at radius 3 is 2.39 bits per heavy atom. The van der Waals surface area contributed by atoms with Crippen LogP contribution in [0.25, 0.3) is 0 Å². The van der Waals surface area contributed by atoms with Crippen molar-refractivity contribution >= 4 is 11.9 Å². The third-order valence-corrected chi connectivity index (χ3v) is 4.94. The lowest BCUT2D eigenvalue weighted by Gasteiger charge is -2.33. The molecule has 0 radical (unpaired) electrons. The molecular weight excluding hydrogens is 290 g/mol. The van der Waals surface area contributed by atoms with Gasteiger partial charge in [0.05, 0.1) is 6.54 Å². The van der Waals surface area contributed by atoms with Gasteiger partial charge in [0.1, 0.15) is 6.04 Å². The fraction of sp³-hybridized carbons (Fsp3) is 0.556. The van der Waals surface area contributed by atoms with Crippen LogP contribution in [0.2, 0.25) is 0 Å². The molecule has 2 aliphatic rings. The molecule has 3 rings (SSSR count). The maximum Gasteiger partial charge on any atom is 0.318 e. The Kier molecular flexibility index (Phi) is 4.55. The first-order chi connectivity index (χ1) is 11.1. The SMILES string of the molecule is CC(C)N1CC(C(=O)N2CCC(c3ccccc3)CC2)NC1=O. The summed E-state index contributed by atoms with van der Waals surface area (Å²) < 4.78 is 0. The van der Waals surface area contributed by atoms with Gasteiger partial charge in [-0.15, -0.1) is 0 Å². The summed E-state index contributed by atoms with van der Waals surface area (Å²) in [7, 11) is 0. The van der Waals surface area contributed by atoms with Crippen LogP contribution < -0.4 is 5.32 Å². The van der Waals surface area contributed by atoms with Crippen LogP contribution in [-0.4, -0.2) is 53.5 Å². The summed E-state index contributed by atoms with van der Waals surface area (Å²) in [6.45, 7) is 5.96. The summed E-state index contributed by atoms with van der Waals surface area (Å²) in [6, 6.07) is 10.1. The van der Waals surface area contributed by atoms with E-state index in [2.05, 4.69) is 29.6 Å². The second-order valence-corrected chi connectivity index (χ2v) is 6.76. The number of urea groups is 1. The van der Waals surface area contributed by atoms with E-state index in [4.69, 9.17) is 0 Å². The van der Waals surface area contributed by atoms with Crippen molar-refractivity contribution in [3.63, 3.8) is 0 Å². The number of hydrogen-bond acceptors (Lipinski definition) is 2. The predicted molar refractivity (Wildman–Crippen MR) is 89.2 cm³/mol. The van der Waals surface area contributed by atoms with Gasteiger partial charge in [-0.25, -0.2) is 4.79 Å². The number of nitrogens with zero attached hydrogens (tertiary/aromatic N) is 2. The van der Waals surface area contributed by atoms with Crippen molar-refractivity contribution in [3.8, 4) is 0 Å². The van der Waals surface area contributed by atoms with Gasteiger partial charge in [0.2, 0.25) is 5.91 Å². The lowest BCUT2D eigenvalue weighted by atomic mass is 9.89. The van der Waals surface area contributed by atoms with Gasteiger partial charge in [0, 0.05) is 19.1 Å². The molecule has 0 saturated carbocycles. The standard InChI is InChI=1S/C18H25N3O2/c1-13(2)21-12-16(19-18(21)23)17(22)20-10-8-15(9-11-20)14-6-4-3-5-7-14/h3-7,13,15-16H,8-12H2,1-2H3,(H,19,23). The monoisotopic (exact) mass is 315 g/mol. The highest BCUT2D eigenvalue weighted by Crippen LogP contribution is 2.28. The van der Waals surface area contributed by atoms with Crippen molar-refractivity contribution in [2.75, 3.05) is 19.6 Å². The molecule has 0 spiro atoms. The predicted octanol–water partition coefficient (Wildman–Crippen LogP) is 2.19. The van der Waals surface area contributed by atoms with E-state index in [1.165, 1.54) is 5.56 Å². The molecule has 2 aliphatic heterocycles. The Morgan fingerprint density at radius 2 is 1.83 bits per heavy atom. The van der Waals surface area contributed by atoms with E-state index in [1.807, 2.05) is 24.8 Å². The number of amides is 3. The zero-order chi connectivity index (χ0) is 16.4. The highest BCUT2D eigenvalue weighted by atomic mass is 16.2. The summed E-state index contributed by atoms with van der Waals surface area (Å²) in [6.07, 6.45) is 1.98. The lowest BCUT2D eigenvalue weighted by Crippen LogP contribution is -2.48. The molecule has 0 aliphatic carbocycles. The molecule has 1 aromatic rings. The number of nitrogens with one attached hydrogen (secondary N) is 1. The molecule has 2 fully saturated rings. The summed E-state index contributed by atoms with van der Waals surface area (Å²) >= 11 is 0. The second kappa shape index (κ2) is 6.60. The number of carbonyl (C=O) groups excluding carboxylic acids is 2. The molecule has 5 heteroatoms. The fourth-order valence-corrected chi connectivity index (χ4v) is 3.52. The normalized spacial score (nSPS) is 22.6. The van der Waals surface area contributed by atoms with Gasteiger partial charge >= 0.3 is 6.03 Å². The summed E-state index contributed by atoms with van der Waals surface area (Å²) in [5.74, 6) is 0.596. The molecule has 2 saturated heterocycles. The molecule has 124 valence electrons. The van der Waals surface area contributed by atoms with Crippen LogP contribution >= 0.6 is 0 Å². The number of piperidine rings is 1. The van der Waals surface area contributed by atoms with E-state index in [1.54, 1.807) is 4.90 Å². The van der Waals surface area contributed by atoms with Crippen molar-refractivity contribution in [1.82, 2.24) is 15.1 Å². The molecular formula is C18H25N3O2. The van der Waals surface area contributed by atoms with Gasteiger partial charge in [-0.05, 0) is 38.2 Å². The molecule has 0 bridgehead atoms. The molecule has 2 heterocycles. The molecule has 3 amide bonds. The highest BCUT2D eigenvalue weighted by molar-refractivity contribution is 5.90.